The van der Waals surface area contributed by atoms with Gasteiger partial charge in [-0.3, -0.25) is 4.90 Å². The van der Waals surface area contributed by atoms with Crippen LogP contribution in [0.5, 0.6) is 0 Å². The highest BCUT2D eigenvalue weighted by Crippen LogP contribution is 2.23. The molecule has 6 heteroatoms. The van der Waals surface area contributed by atoms with Crippen LogP contribution in [0.25, 0.3) is 0 Å². The van der Waals surface area contributed by atoms with Gasteiger partial charge in [-0.2, -0.15) is 0 Å². The summed E-state index contributed by atoms with van der Waals surface area (Å²) in [6.45, 7) is 11.3. The first kappa shape index (κ1) is 23.2. The van der Waals surface area contributed by atoms with Gasteiger partial charge in [0.1, 0.15) is 0 Å². The van der Waals surface area contributed by atoms with Gasteiger partial charge >= 0.3 is 0 Å². The summed E-state index contributed by atoms with van der Waals surface area (Å²) in [6, 6.07) is 8.71. The Morgan fingerprint density at radius 2 is 1.88 bits per heavy atom. The van der Waals surface area contributed by atoms with Crippen molar-refractivity contribution in [3.63, 3.8) is 0 Å². The number of nitrogens with one attached hydrogen (secondary N) is 1. The molecule has 148 valence electrons. The largest absolute Gasteiger partial charge is 0.383 e. The molecule has 1 saturated heterocycles. The van der Waals surface area contributed by atoms with Crippen molar-refractivity contribution in [2.45, 2.75) is 46.3 Å². The molecular formula is C20H35IN4O. The van der Waals surface area contributed by atoms with Gasteiger partial charge < -0.3 is 15.8 Å². The molecule has 5 nitrogen and oxygen atoms in total. The number of halogens is 1. The minimum atomic E-state index is 0. The fourth-order valence-corrected chi connectivity index (χ4v) is 3.79. The molecule has 0 aromatic heterocycles. The SMILES string of the molecule is COCC(C)NC(N)=NCc1ccccc1CN1CC(C)CC(C)C1.I. The second kappa shape index (κ2) is 11.8. The Morgan fingerprint density at radius 1 is 1.27 bits per heavy atom. The van der Waals surface area contributed by atoms with Crippen molar-refractivity contribution in [2.24, 2.45) is 22.6 Å². The van der Waals surface area contributed by atoms with Crippen LogP contribution in [0.3, 0.4) is 0 Å². The second-order valence-corrected chi connectivity index (χ2v) is 7.61. The van der Waals surface area contributed by atoms with Gasteiger partial charge in [-0.15, -0.1) is 24.0 Å². The number of nitrogens with two attached hydrogens (primary N) is 1. The van der Waals surface area contributed by atoms with E-state index in [1.165, 1.54) is 30.6 Å². The van der Waals surface area contributed by atoms with E-state index in [-0.39, 0.29) is 30.0 Å². The Hall–Kier alpha value is -0.860. The normalized spacial score (nSPS) is 22.5. The van der Waals surface area contributed by atoms with Gasteiger partial charge in [0.05, 0.1) is 13.2 Å². The summed E-state index contributed by atoms with van der Waals surface area (Å²) in [4.78, 5) is 7.08. The average Bonchev–Trinajstić information content (AvgIpc) is 2.53. The fraction of sp³-hybridized carbons (Fsp3) is 0.650. The Kier molecular flexibility index (Phi) is 10.5. The van der Waals surface area contributed by atoms with Crippen molar-refractivity contribution in [3.05, 3.63) is 35.4 Å². The number of rotatable bonds is 7. The number of ether oxygens (including phenoxy) is 1. The fourth-order valence-electron chi connectivity index (χ4n) is 3.79. The summed E-state index contributed by atoms with van der Waals surface area (Å²) >= 11 is 0. The lowest BCUT2D eigenvalue weighted by atomic mass is 9.91. The number of aliphatic imine (C=N–C) groups is 1. The summed E-state index contributed by atoms with van der Waals surface area (Å²) < 4.78 is 5.11. The lowest BCUT2D eigenvalue weighted by molar-refractivity contribution is 0.134. The van der Waals surface area contributed by atoms with Crippen molar-refractivity contribution in [2.75, 3.05) is 26.8 Å². The molecular weight excluding hydrogens is 439 g/mol. The van der Waals surface area contributed by atoms with Gasteiger partial charge in [0.15, 0.2) is 5.96 Å². The molecule has 1 fully saturated rings. The van der Waals surface area contributed by atoms with Crippen LogP contribution in [0, 0.1) is 11.8 Å². The van der Waals surface area contributed by atoms with E-state index in [9.17, 15) is 0 Å². The smallest absolute Gasteiger partial charge is 0.189 e. The quantitative estimate of drug-likeness (QED) is 0.362. The van der Waals surface area contributed by atoms with Crippen molar-refractivity contribution in [3.8, 4) is 0 Å². The summed E-state index contributed by atoms with van der Waals surface area (Å²) in [5, 5.41) is 3.16. The number of hydrogen-bond donors (Lipinski definition) is 2. The second-order valence-electron chi connectivity index (χ2n) is 7.61. The van der Waals surface area contributed by atoms with Gasteiger partial charge in [0, 0.05) is 32.8 Å². The molecule has 3 atom stereocenters. The minimum absolute atomic E-state index is 0. The molecule has 26 heavy (non-hydrogen) atoms. The molecule has 0 aliphatic carbocycles. The van der Waals surface area contributed by atoms with E-state index < -0.39 is 0 Å². The summed E-state index contributed by atoms with van der Waals surface area (Å²) in [6.07, 6.45) is 1.34. The molecule has 0 spiro atoms. The first-order valence-electron chi connectivity index (χ1n) is 9.32. The van der Waals surface area contributed by atoms with Crippen molar-refractivity contribution in [1.29, 1.82) is 0 Å². The van der Waals surface area contributed by atoms with E-state index >= 15 is 0 Å². The number of guanidine groups is 1. The molecule has 1 heterocycles. The summed E-state index contributed by atoms with van der Waals surface area (Å²) in [5.74, 6) is 2.02. The maximum absolute atomic E-state index is 6.00. The Balaban J connectivity index is 0.00000338. The van der Waals surface area contributed by atoms with E-state index in [2.05, 4.69) is 53.3 Å². The molecule has 1 aliphatic heterocycles. The van der Waals surface area contributed by atoms with E-state index in [0.717, 1.165) is 18.4 Å². The molecule has 0 bridgehead atoms. The number of likely N-dealkylation sites (tertiary alicyclic amines) is 1. The molecule has 0 radical (unpaired) electrons. The van der Waals surface area contributed by atoms with Gasteiger partial charge in [0.25, 0.3) is 0 Å². The maximum Gasteiger partial charge on any atom is 0.189 e. The summed E-state index contributed by atoms with van der Waals surface area (Å²) in [7, 11) is 1.68. The Morgan fingerprint density at radius 3 is 2.50 bits per heavy atom. The zero-order valence-electron chi connectivity index (χ0n) is 16.6. The number of nitrogens with zero attached hydrogens (tertiary/aromatic N) is 2. The van der Waals surface area contributed by atoms with Crippen LogP contribution in [-0.2, 0) is 17.8 Å². The van der Waals surface area contributed by atoms with Crippen molar-refractivity contribution < 1.29 is 4.74 Å². The van der Waals surface area contributed by atoms with Crippen LogP contribution in [0.2, 0.25) is 0 Å². The molecule has 0 saturated carbocycles. The van der Waals surface area contributed by atoms with E-state index in [4.69, 9.17) is 10.5 Å². The first-order chi connectivity index (χ1) is 12.0. The minimum Gasteiger partial charge on any atom is -0.383 e. The van der Waals surface area contributed by atoms with Crippen molar-refractivity contribution in [1.82, 2.24) is 10.2 Å². The van der Waals surface area contributed by atoms with Gasteiger partial charge in [-0.25, -0.2) is 4.99 Å². The van der Waals surface area contributed by atoms with Crippen LogP contribution >= 0.6 is 24.0 Å². The molecule has 3 unspecified atom stereocenters. The van der Waals surface area contributed by atoms with Crippen LogP contribution in [-0.4, -0.2) is 43.7 Å². The zero-order valence-corrected chi connectivity index (χ0v) is 18.9. The highest BCUT2D eigenvalue weighted by atomic mass is 127. The number of benzene rings is 1. The van der Waals surface area contributed by atoms with Crippen LogP contribution in [0.1, 0.15) is 38.3 Å². The third-order valence-corrected chi connectivity index (χ3v) is 4.69. The van der Waals surface area contributed by atoms with Gasteiger partial charge in [-0.05, 0) is 36.3 Å². The first-order valence-corrected chi connectivity index (χ1v) is 9.32. The highest BCUT2D eigenvalue weighted by molar-refractivity contribution is 14.0. The highest BCUT2D eigenvalue weighted by Gasteiger charge is 2.22. The maximum atomic E-state index is 6.00. The van der Waals surface area contributed by atoms with Gasteiger partial charge in [-0.1, -0.05) is 38.1 Å². The molecule has 1 aliphatic rings. The predicted molar refractivity (Wildman–Crippen MR) is 120 cm³/mol. The lowest BCUT2D eigenvalue weighted by Crippen LogP contribution is -2.40. The third-order valence-electron chi connectivity index (χ3n) is 4.69. The van der Waals surface area contributed by atoms with Crippen LogP contribution in [0.4, 0.5) is 0 Å². The molecule has 1 aromatic carbocycles. The molecule has 0 amide bonds. The zero-order chi connectivity index (χ0) is 18.2. The molecule has 3 N–H and O–H groups in total. The number of methoxy groups -OCH3 is 1. The Labute approximate surface area is 175 Å². The standard InChI is InChI=1S/C20H34N4O.HI/c1-15-9-16(2)12-24(11-15)13-19-8-6-5-7-18(19)10-22-20(21)23-17(3)14-25-4;/h5-8,15-17H,9-14H2,1-4H3,(H3,21,22,23);1H. The third kappa shape index (κ3) is 7.80. The van der Waals surface area contributed by atoms with E-state index in [1.54, 1.807) is 7.11 Å². The monoisotopic (exact) mass is 474 g/mol. The van der Waals surface area contributed by atoms with Crippen molar-refractivity contribution >= 4 is 29.9 Å². The van der Waals surface area contributed by atoms with E-state index in [0.29, 0.717) is 19.1 Å². The molecule has 1 aromatic rings. The average molecular weight is 474 g/mol. The Bertz CT molecular complexity index is 556. The van der Waals surface area contributed by atoms with Crippen LogP contribution in [0.15, 0.2) is 29.3 Å². The van der Waals surface area contributed by atoms with Crippen LogP contribution < -0.4 is 11.1 Å². The molecule has 2 rings (SSSR count). The summed E-state index contributed by atoms with van der Waals surface area (Å²) in [5.41, 5.74) is 8.60. The van der Waals surface area contributed by atoms with E-state index in [1.807, 2.05) is 6.92 Å². The van der Waals surface area contributed by atoms with Gasteiger partial charge in [0.2, 0.25) is 0 Å². The topological polar surface area (TPSA) is 62.9 Å². The number of hydrogen-bond acceptors (Lipinski definition) is 3. The number of piperidine rings is 1. The lowest BCUT2D eigenvalue weighted by Gasteiger charge is -2.35. The predicted octanol–water partition coefficient (Wildman–Crippen LogP) is 3.22.